The topological polar surface area (TPSA) is 103 Å². The molecule has 8 nitrogen and oxygen atoms in total. The molecule has 0 saturated carbocycles. The fourth-order valence-electron chi connectivity index (χ4n) is 3.42. The van der Waals surface area contributed by atoms with Crippen LogP contribution in [0.25, 0.3) is 16.5 Å². The van der Waals surface area contributed by atoms with Crippen LogP contribution in [0.4, 0.5) is 20.2 Å². The molecule has 0 aliphatic carbocycles. The number of nitro groups is 1. The van der Waals surface area contributed by atoms with Crippen molar-refractivity contribution in [3.63, 3.8) is 0 Å². The highest BCUT2D eigenvalue weighted by atomic mass is 19.1. The van der Waals surface area contributed by atoms with Gasteiger partial charge in [0.2, 0.25) is 0 Å². The first-order valence-corrected chi connectivity index (χ1v) is 9.53. The van der Waals surface area contributed by atoms with Crippen molar-refractivity contribution in [2.75, 3.05) is 12.4 Å². The van der Waals surface area contributed by atoms with E-state index in [1.165, 1.54) is 25.3 Å². The van der Waals surface area contributed by atoms with Crippen molar-refractivity contribution in [1.29, 1.82) is 0 Å². The van der Waals surface area contributed by atoms with Crippen LogP contribution in [0.15, 0.2) is 71.7 Å². The van der Waals surface area contributed by atoms with E-state index < -0.39 is 28.0 Å². The zero-order chi connectivity index (χ0) is 23.7. The number of carbonyl (C=O) groups is 1. The lowest BCUT2D eigenvalue weighted by atomic mass is 10.1. The van der Waals surface area contributed by atoms with Crippen molar-refractivity contribution in [1.82, 2.24) is 4.57 Å². The molecule has 0 unspecified atom stereocenters. The number of nitrogens with one attached hydrogen (secondary N) is 1. The van der Waals surface area contributed by atoms with E-state index in [4.69, 9.17) is 4.74 Å². The predicted molar refractivity (Wildman–Crippen MR) is 117 cm³/mol. The fraction of sp³-hybridized carbons (Fsp3) is 0.0435. The average Bonchev–Trinajstić information content (AvgIpc) is 2.80. The summed E-state index contributed by atoms with van der Waals surface area (Å²) in [6.45, 7) is 0. The third kappa shape index (κ3) is 4.01. The molecular weight excluding hydrogens is 436 g/mol. The molecule has 3 aromatic carbocycles. The van der Waals surface area contributed by atoms with Gasteiger partial charge < -0.3 is 10.1 Å². The number of methoxy groups -OCH3 is 1. The highest BCUT2D eigenvalue weighted by Crippen LogP contribution is 2.30. The third-order valence-corrected chi connectivity index (χ3v) is 4.98. The van der Waals surface area contributed by atoms with Crippen molar-refractivity contribution in [2.24, 2.45) is 0 Å². The first kappa shape index (κ1) is 21.6. The molecule has 0 saturated heterocycles. The number of pyridine rings is 1. The second-order valence-electron chi connectivity index (χ2n) is 6.96. The van der Waals surface area contributed by atoms with E-state index in [-0.39, 0.29) is 39.1 Å². The van der Waals surface area contributed by atoms with E-state index in [9.17, 15) is 28.5 Å². The summed E-state index contributed by atoms with van der Waals surface area (Å²) in [6.07, 6.45) is 1.14. The molecule has 10 heteroatoms. The molecule has 1 aromatic heterocycles. The standard InChI is InChI=1S/C23H15F2N3O5/c1-33-21-9-7-14(28(31)32)11-19(21)26-22(29)17-12-27(20-8-6-13(24)10-18(20)25)23(30)16-5-3-2-4-15(16)17/h2-12H,1H3,(H,26,29). The molecule has 0 radical (unpaired) electrons. The van der Waals surface area contributed by atoms with Crippen LogP contribution in [-0.4, -0.2) is 22.5 Å². The molecule has 1 heterocycles. The van der Waals surface area contributed by atoms with Crippen molar-refractivity contribution in [2.45, 2.75) is 0 Å². The van der Waals surface area contributed by atoms with E-state index in [1.807, 2.05) is 0 Å². The fourth-order valence-corrected chi connectivity index (χ4v) is 3.42. The number of rotatable bonds is 5. The quantitative estimate of drug-likeness (QED) is 0.357. The minimum absolute atomic E-state index is 0.0116. The Balaban J connectivity index is 1.88. The number of carbonyl (C=O) groups excluding carboxylic acids is 1. The Morgan fingerprint density at radius 3 is 2.45 bits per heavy atom. The SMILES string of the molecule is COc1ccc([N+](=O)[O-])cc1NC(=O)c1cn(-c2ccc(F)cc2F)c(=O)c2ccccc12. The minimum atomic E-state index is -0.987. The Kier molecular flexibility index (Phi) is 5.57. The van der Waals surface area contributed by atoms with Gasteiger partial charge >= 0.3 is 0 Å². The van der Waals surface area contributed by atoms with Crippen LogP contribution in [0.1, 0.15) is 10.4 Å². The normalized spacial score (nSPS) is 10.8. The Hall–Kier alpha value is -4.60. The number of non-ortho nitro benzene ring substituents is 1. The predicted octanol–water partition coefficient (Wildman–Crippen LogP) is 4.44. The second-order valence-corrected chi connectivity index (χ2v) is 6.96. The Morgan fingerprint density at radius 2 is 1.79 bits per heavy atom. The van der Waals surface area contributed by atoms with Gasteiger partial charge in [-0.1, -0.05) is 18.2 Å². The van der Waals surface area contributed by atoms with Gasteiger partial charge in [0.05, 0.1) is 29.0 Å². The molecule has 4 rings (SSSR count). The van der Waals surface area contributed by atoms with Crippen LogP contribution in [0.3, 0.4) is 0 Å². The highest BCUT2D eigenvalue weighted by molar-refractivity contribution is 6.13. The molecule has 1 N–H and O–H groups in total. The molecule has 0 aliphatic rings. The van der Waals surface area contributed by atoms with Gasteiger partial charge in [0.15, 0.2) is 0 Å². The van der Waals surface area contributed by atoms with E-state index in [2.05, 4.69) is 5.32 Å². The molecule has 4 aromatic rings. The van der Waals surface area contributed by atoms with Gasteiger partial charge in [-0.05, 0) is 24.3 Å². The van der Waals surface area contributed by atoms with E-state index in [1.54, 1.807) is 18.2 Å². The zero-order valence-electron chi connectivity index (χ0n) is 17.0. The lowest BCUT2D eigenvalue weighted by Gasteiger charge is -2.14. The highest BCUT2D eigenvalue weighted by Gasteiger charge is 2.20. The van der Waals surface area contributed by atoms with E-state index in [0.717, 1.165) is 29.0 Å². The molecule has 0 fully saturated rings. The number of anilines is 1. The van der Waals surface area contributed by atoms with Crippen molar-refractivity contribution >= 4 is 28.1 Å². The van der Waals surface area contributed by atoms with Gasteiger partial charge in [0.25, 0.3) is 17.2 Å². The van der Waals surface area contributed by atoms with Gasteiger partial charge in [-0.25, -0.2) is 8.78 Å². The van der Waals surface area contributed by atoms with Crippen LogP contribution >= 0.6 is 0 Å². The molecule has 0 bridgehead atoms. The largest absolute Gasteiger partial charge is 0.495 e. The number of ether oxygens (including phenoxy) is 1. The summed E-state index contributed by atoms with van der Waals surface area (Å²) in [4.78, 5) is 36.7. The number of hydrogen-bond donors (Lipinski definition) is 1. The molecule has 33 heavy (non-hydrogen) atoms. The first-order chi connectivity index (χ1) is 15.8. The van der Waals surface area contributed by atoms with Gasteiger partial charge in [0.1, 0.15) is 17.4 Å². The molecule has 0 spiro atoms. The molecule has 166 valence electrons. The van der Waals surface area contributed by atoms with Gasteiger partial charge in [0, 0.05) is 35.2 Å². The van der Waals surface area contributed by atoms with E-state index >= 15 is 0 Å². The number of benzene rings is 3. The van der Waals surface area contributed by atoms with Crippen LogP contribution < -0.4 is 15.6 Å². The second kappa shape index (κ2) is 8.50. The number of nitro benzene ring substituents is 1. The molecular formula is C23H15F2N3O5. The molecule has 0 aliphatic heterocycles. The summed E-state index contributed by atoms with van der Waals surface area (Å²) in [7, 11) is 1.34. The van der Waals surface area contributed by atoms with Crippen LogP contribution in [-0.2, 0) is 0 Å². The summed E-state index contributed by atoms with van der Waals surface area (Å²) in [5.41, 5.74) is -1.10. The monoisotopic (exact) mass is 451 g/mol. The first-order valence-electron chi connectivity index (χ1n) is 9.53. The number of aromatic nitrogens is 1. The lowest BCUT2D eigenvalue weighted by molar-refractivity contribution is -0.384. The van der Waals surface area contributed by atoms with Crippen molar-refractivity contribution < 1.29 is 23.2 Å². The third-order valence-electron chi connectivity index (χ3n) is 4.98. The maximum absolute atomic E-state index is 14.4. The summed E-state index contributed by atoms with van der Waals surface area (Å²) in [5.74, 6) is -2.35. The number of fused-ring (bicyclic) bond motifs is 1. The Morgan fingerprint density at radius 1 is 1.06 bits per heavy atom. The molecule has 0 atom stereocenters. The van der Waals surface area contributed by atoms with Crippen LogP contribution in [0, 0.1) is 21.7 Å². The number of halogens is 2. The van der Waals surface area contributed by atoms with Gasteiger partial charge in [-0.3, -0.25) is 24.3 Å². The average molecular weight is 451 g/mol. The minimum Gasteiger partial charge on any atom is -0.495 e. The number of amides is 1. The van der Waals surface area contributed by atoms with Crippen LogP contribution in [0.2, 0.25) is 0 Å². The number of hydrogen-bond acceptors (Lipinski definition) is 5. The maximum Gasteiger partial charge on any atom is 0.271 e. The molecule has 1 amide bonds. The Bertz CT molecular complexity index is 1480. The van der Waals surface area contributed by atoms with Crippen LogP contribution in [0.5, 0.6) is 5.75 Å². The lowest BCUT2D eigenvalue weighted by Crippen LogP contribution is -2.23. The summed E-state index contributed by atoms with van der Waals surface area (Å²) in [5, 5.41) is 14.1. The van der Waals surface area contributed by atoms with Gasteiger partial charge in [-0.2, -0.15) is 0 Å². The summed E-state index contributed by atoms with van der Waals surface area (Å²) < 4.78 is 33.9. The maximum atomic E-state index is 14.4. The Labute approximate surface area is 184 Å². The van der Waals surface area contributed by atoms with Gasteiger partial charge in [-0.15, -0.1) is 0 Å². The van der Waals surface area contributed by atoms with Crippen molar-refractivity contribution in [3.8, 4) is 11.4 Å². The van der Waals surface area contributed by atoms with E-state index in [0.29, 0.717) is 6.07 Å². The van der Waals surface area contributed by atoms with Crippen molar-refractivity contribution in [3.05, 3.63) is 105 Å². The zero-order valence-corrected chi connectivity index (χ0v) is 17.0. The number of nitrogens with zero attached hydrogens (tertiary/aromatic N) is 2. The summed E-state index contributed by atoms with van der Waals surface area (Å²) >= 11 is 0. The smallest absolute Gasteiger partial charge is 0.271 e. The summed E-state index contributed by atoms with van der Waals surface area (Å²) in [6, 6.07) is 12.6.